The van der Waals surface area contributed by atoms with E-state index in [4.69, 9.17) is 9.47 Å². The third kappa shape index (κ3) is 4.55. The molecule has 2 unspecified atom stereocenters. The Morgan fingerprint density at radius 3 is 2.46 bits per heavy atom. The van der Waals surface area contributed by atoms with Crippen LogP contribution in [0.2, 0.25) is 0 Å². The highest BCUT2D eigenvalue weighted by atomic mass is 31.1. The smallest absolute Gasteiger partial charge is 0.188 e. The maximum absolute atomic E-state index is 14.3. The van der Waals surface area contributed by atoms with Gasteiger partial charge in [-0.1, -0.05) is 45.3 Å². The number of benzene rings is 2. The second kappa shape index (κ2) is 8.60. The maximum Gasteiger partial charge on any atom is 0.188 e. The monoisotopic (exact) mass is 348 g/mol. The molecule has 0 heterocycles. The molecule has 130 valence electrons. The van der Waals surface area contributed by atoms with Crippen LogP contribution >= 0.6 is 8.58 Å². The Bertz CT molecular complexity index is 700. The van der Waals surface area contributed by atoms with Crippen LogP contribution in [-0.4, -0.2) is 13.9 Å². The van der Waals surface area contributed by atoms with Crippen molar-refractivity contribution >= 4 is 13.9 Å². The maximum atomic E-state index is 14.3. The molecule has 0 N–H and O–H groups in total. The highest BCUT2D eigenvalue weighted by molar-refractivity contribution is 7.47. The Hall–Kier alpha value is -1.44. The Kier molecular flexibility index (Phi) is 6.77. The molecule has 0 aliphatic rings. The zero-order valence-corrected chi connectivity index (χ0v) is 16.1. The summed E-state index contributed by atoms with van der Waals surface area (Å²) < 4.78 is 25.2. The first-order valence-electron chi connectivity index (χ1n) is 8.21. The topological polar surface area (TPSA) is 18.5 Å². The van der Waals surface area contributed by atoms with Crippen LogP contribution in [-0.2, 0) is 4.74 Å². The first-order valence-corrected chi connectivity index (χ1v) is 9.29. The Labute approximate surface area is 146 Å². The molecule has 0 saturated heterocycles. The van der Waals surface area contributed by atoms with Crippen LogP contribution in [0.4, 0.5) is 4.39 Å². The zero-order valence-electron chi connectivity index (χ0n) is 15.1. The lowest BCUT2D eigenvalue weighted by Gasteiger charge is -2.22. The van der Waals surface area contributed by atoms with Crippen LogP contribution in [0.15, 0.2) is 30.3 Å². The lowest BCUT2D eigenvalue weighted by Crippen LogP contribution is -2.09. The highest BCUT2D eigenvalue weighted by Crippen LogP contribution is 2.43. The van der Waals surface area contributed by atoms with E-state index in [0.29, 0.717) is 8.58 Å². The summed E-state index contributed by atoms with van der Waals surface area (Å²) in [4.78, 5) is 0. The molecule has 0 fully saturated rings. The fourth-order valence-corrected chi connectivity index (χ4v) is 4.22. The van der Waals surface area contributed by atoms with Crippen molar-refractivity contribution in [3.63, 3.8) is 0 Å². The van der Waals surface area contributed by atoms with Crippen LogP contribution in [0.5, 0.6) is 5.75 Å². The molecule has 2 atom stereocenters. The van der Waals surface area contributed by atoms with Gasteiger partial charge in [-0.05, 0) is 44.4 Å². The minimum Gasteiger partial charge on any atom is -0.467 e. The van der Waals surface area contributed by atoms with E-state index in [2.05, 4.69) is 26.0 Å². The number of halogens is 1. The van der Waals surface area contributed by atoms with E-state index in [0.717, 1.165) is 34.2 Å². The van der Waals surface area contributed by atoms with Gasteiger partial charge in [0.05, 0.1) is 0 Å². The van der Waals surface area contributed by atoms with Crippen LogP contribution in [0.25, 0.3) is 0 Å². The number of rotatable bonds is 7. The van der Waals surface area contributed by atoms with Crippen molar-refractivity contribution in [1.29, 1.82) is 0 Å². The Morgan fingerprint density at radius 2 is 1.83 bits per heavy atom. The molecule has 0 aliphatic carbocycles. The second-order valence-electron chi connectivity index (χ2n) is 6.14. The molecule has 4 heteroatoms. The van der Waals surface area contributed by atoms with Crippen LogP contribution in [0.1, 0.15) is 41.3 Å². The van der Waals surface area contributed by atoms with Gasteiger partial charge in [0.1, 0.15) is 11.6 Å². The van der Waals surface area contributed by atoms with Gasteiger partial charge in [0, 0.05) is 23.6 Å². The summed E-state index contributed by atoms with van der Waals surface area (Å²) in [6.45, 7) is 8.40. The number of methoxy groups -OCH3 is 1. The van der Waals surface area contributed by atoms with Crippen molar-refractivity contribution in [2.45, 2.75) is 39.8 Å². The quantitative estimate of drug-likeness (QED) is 0.506. The van der Waals surface area contributed by atoms with Crippen molar-refractivity contribution in [2.75, 3.05) is 13.9 Å². The van der Waals surface area contributed by atoms with Gasteiger partial charge >= 0.3 is 0 Å². The molecule has 0 bridgehead atoms. The molecule has 2 rings (SSSR count). The van der Waals surface area contributed by atoms with Gasteiger partial charge in [-0.3, -0.25) is 0 Å². The summed E-state index contributed by atoms with van der Waals surface area (Å²) in [5.41, 5.74) is 4.61. The highest BCUT2D eigenvalue weighted by Gasteiger charge is 2.19. The average molecular weight is 348 g/mol. The zero-order chi connectivity index (χ0) is 17.7. The summed E-state index contributed by atoms with van der Waals surface area (Å²) in [5, 5.41) is 0.782. The van der Waals surface area contributed by atoms with E-state index in [1.165, 1.54) is 5.56 Å². The van der Waals surface area contributed by atoms with Crippen LogP contribution in [0, 0.1) is 26.6 Å². The van der Waals surface area contributed by atoms with Crippen molar-refractivity contribution in [3.05, 3.63) is 58.4 Å². The minimum absolute atomic E-state index is 0.115. The van der Waals surface area contributed by atoms with Gasteiger partial charge in [0.15, 0.2) is 6.79 Å². The SMILES string of the molecule is CCC(Pc1ccc(C)cc1F)c1cc(C)cc(C)c1OCOC. The number of hydrogen-bond donors (Lipinski definition) is 0. The van der Waals surface area contributed by atoms with E-state index in [1.54, 1.807) is 13.2 Å². The van der Waals surface area contributed by atoms with Crippen molar-refractivity contribution < 1.29 is 13.9 Å². The average Bonchev–Trinajstić information content (AvgIpc) is 2.53. The van der Waals surface area contributed by atoms with E-state index in [9.17, 15) is 4.39 Å². The summed E-state index contributed by atoms with van der Waals surface area (Å²) >= 11 is 0. The predicted octanol–water partition coefficient (Wildman–Crippen LogP) is 5.19. The van der Waals surface area contributed by atoms with Crippen LogP contribution in [0.3, 0.4) is 0 Å². The fourth-order valence-electron chi connectivity index (χ4n) is 2.89. The van der Waals surface area contributed by atoms with E-state index in [1.807, 2.05) is 26.0 Å². The molecule has 2 aromatic carbocycles. The Morgan fingerprint density at radius 1 is 1.08 bits per heavy atom. The molecular weight excluding hydrogens is 322 g/mol. The molecule has 0 amide bonds. The van der Waals surface area contributed by atoms with Crippen LogP contribution < -0.4 is 10.0 Å². The molecule has 2 aromatic rings. The summed E-state index contributed by atoms with van der Waals surface area (Å²) in [6.07, 6.45) is 0.929. The van der Waals surface area contributed by atoms with Crippen molar-refractivity contribution in [1.82, 2.24) is 0 Å². The van der Waals surface area contributed by atoms with Crippen molar-refractivity contribution in [3.8, 4) is 5.75 Å². The third-order valence-corrected chi connectivity index (χ3v) is 5.79. The normalized spacial score (nSPS) is 12.8. The van der Waals surface area contributed by atoms with E-state index >= 15 is 0 Å². The molecule has 24 heavy (non-hydrogen) atoms. The summed E-state index contributed by atoms with van der Waals surface area (Å²) in [6, 6.07) is 9.76. The lowest BCUT2D eigenvalue weighted by atomic mass is 10.0. The number of hydrogen-bond acceptors (Lipinski definition) is 2. The van der Waals surface area contributed by atoms with E-state index in [-0.39, 0.29) is 18.3 Å². The number of aryl methyl sites for hydroxylation is 3. The van der Waals surface area contributed by atoms with Gasteiger partial charge in [-0.15, -0.1) is 0 Å². The van der Waals surface area contributed by atoms with Gasteiger partial charge in [-0.2, -0.15) is 0 Å². The first-order chi connectivity index (χ1) is 11.5. The summed E-state index contributed by atoms with van der Waals surface area (Å²) in [7, 11) is 1.98. The lowest BCUT2D eigenvalue weighted by molar-refractivity contribution is 0.0499. The summed E-state index contributed by atoms with van der Waals surface area (Å²) in [5.74, 6) is 0.754. The molecule has 0 radical (unpaired) electrons. The molecule has 0 spiro atoms. The third-order valence-electron chi connectivity index (χ3n) is 4.01. The van der Waals surface area contributed by atoms with Gasteiger partial charge in [0.25, 0.3) is 0 Å². The van der Waals surface area contributed by atoms with E-state index < -0.39 is 0 Å². The molecule has 0 aliphatic heterocycles. The van der Waals surface area contributed by atoms with Crippen molar-refractivity contribution in [2.24, 2.45) is 0 Å². The molecule has 0 saturated carbocycles. The molecular formula is C20H26FO2P. The number of ether oxygens (including phenoxy) is 2. The second-order valence-corrected chi connectivity index (χ2v) is 7.66. The standard InChI is InChI=1S/C20H26FO2P/c1-6-18(24-19-8-7-13(2)11-17(19)21)16-10-14(3)9-15(4)20(16)23-12-22-5/h7-11,18,24H,6,12H2,1-5H3. The van der Waals surface area contributed by atoms with Gasteiger partial charge in [0.2, 0.25) is 0 Å². The Balaban J connectivity index is 2.38. The largest absolute Gasteiger partial charge is 0.467 e. The molecule has 2 nitrogen and oxygen atoms in total. The predicted molar refractivity (Wildman–Crippen MR) is 101 cm³/mol. The van der Waals surface area contributed by atoms with Gasteiger partial charge in [-0.25, -0.2) is 4.39 Å². The first kappa shape index (κ1) is 18.9. The molecule has 0 aromatic heterocycles. The fraction of sp³-hybridized carbons (Fsp3) is 0.400. The van der Waals surface area contributed by atoms with Gasteiger partial charge < -0.3 is 9.47 Å². The minimum atomic E-state index is -0.115.